The SMILES string of the molecule is Cc1ccc(S(=O)(=O)N2CCCC(c3nc(-c4ccccn4)no3)C2)cc1. The van der Waals surface area contributed by atoms with Gasteiger partial charge < -0.3 is 4.52 Å². The number of hydrogen-bond donors (Lipinski definition) is 0. The van der Waals surface area contributed by atoms with Crippen LogP contribution in [0.15, 0.2) is 58.1 Å². The van der Waals surface area contributed by atoms with Crippen LogP contribution < -0.4 is 0 Å². The highest BCUT2D eigenvalue weighted by atomic mass is 32.2. The molecular formula is C19H20N4O3S. The first-order chi connectivity index (χ1) is 13.0. The Morgan fingerprint density at radius 2 is 1.96 bits per heavy atom. The van der Waals surface area contributed by atoms with E-state index in [4.69, 9.17) is 4.52 Å². The average Bonchev–Trinajstić information content (AvgIpc) is 3.19. The lowest BCUT2D eigenvalue weighted by Crippen LogP contribution is -2.39. The van der Waals surface area contributed by atoms with E-state index in [1.165, 1.54) is 4.31 Å². The predicted octanol–water partition coefficient (Wildman–Crippen LogP) is 3.01. The fraction of sp³-hybridized carbons (Fsp3) is 0.316. The van der Waals surface area contributed by atoms with Gasteiger partial charge in [-0.15, -0.1) is 0 Å². The van der Waals surface area contributed by atoms with Crippen molar-refractivity contribution in [2.45, 2.75) is 30.6 Å². The molecule has 1 unspecified atom stereocenters. The summed E-state index contributed by atoms with van der Waals surface area (Å²) in [6.45, 7) is 2.76. The van der Waals surface area contributed by atoms with Gasteiger partial charge in [0.05, 0.1) is 10.8 Å². The zero-order chi connectivity index (χ0) is 18.9. The van der Waals surface area contributed by atoms with E-state index in [-0.39, 0.29) is 5.92 Å². The maximum atomic E-state index is 13.0. The molecule has 1 fully saturated rings. The summed E-state index contributed by atoms with van der Waals surface area (Å²) in [5.74, 6) is 0.757. The first kappa shape index (κ1) is 17.8. The van der Waals surface area contributed by atoms with Crippen LogP contribution in [0.1, 0.15) is 30.2 Å². The highest BCUT2D eigenvalue weighted by Gasteiger charge is 2.33. The fourth-order valence-electron chi connectivity index (χ4n) is 3.22. The monoisotopic (exact) mass is 384 g/mol. The Labute approximate surface area is 158 Å². The summed E-state index contributed by atoms with van der Waals surface area (Å²) >= 11 is 0. The van der Waals surface area contributed by atoms with Gasteiger partial charge in [0.1, 0.15) is 5.69 Å². The highest BCUT2D eigenvalue weighted by Crippen LogP contribution is 2.30. The van der Waals surface area contributed by atoms with E-state index in [9.17, 15) is 8.42 Å². The van der Waals surface area contributed by atoms with Crippen molar-refractivity contribution < 1.29 is 12.9 Å². The minimum Gasteiger partial charge on any atom is -0.339 e. The summed E-state index contributed by atoms with van der Waals surface area (Å²) in [6, 6.07) is 12.4. The number of benzene rings is 1. The standard InChI is InChI=1S/C19H20N4O3S/c1-14-7-9-16(10-8-14)27(24,25)23-12-4-5-15(13-23)19-21-18(22-26-19)17-6-2-3-11-20-17/h2-3,6-11,15H,4-5,12-13H2,1H3. The molecule has 27 heavy (non-hydrogen) atoms. The van der Waals surface area contributed by atoms with Crippen LogP contribution in [-0.4, -0.2) is 40.9 Å². The van der Waals surface area contributed by atoms with E-state index in [2.05, 4.69) is 15.1 Å². The third-order valence-corrected chi connectivity index (χ3v) is 6.61. The van der Waals surface area contributed by atoms with Gasteiger partial charge in [0.2, 0.25) is 21.7 Å². The third kappa shape index (κ3) is 3.63. The molecule has 8 heteroatoms. The Hall–Kier alpha value is -2.58. The van der Waals surface area contributed by atoms with E-state index in [0.717, 1.165) is 18.4 Å². The van der Waals surface area contributed by atoms with Crippen LogP contribution >= 0.6 is 0 Å². The van der Waals surface area contributed by atoms with Gasteiger partial charge in [0, 0.05) is 19.3 Å². The molecule has 1 atom stereocenters. The van der Waals surface area contributed by atoms with Crippen molar-refractivity contribution in [1.29, 1.82) is 0 Å². The lowest BCUT2D eigenvalue weighted by atomic mass is 10.00. The van der Waals surface area contributed by atoms with Gasteiger partial charge in [-0.3, -0.25) is 4.98 Å². The number of pyridine rings is 1. The summed E-state index contributed by atoms with van der Waals surface area (Å²) in [4.78, 5) is 8.97. The lowest BCUT2D eigenvalue weighted by molar-refractivity contribution is 0.265. The first-order valence-corrected chi connectivity index (χ1v) is 10.3. The van der Waals surface area contributed by atoms with Gasteiger partial charge in [-0.25, -0.2) is 8.42 Å². The van der Waals surface area contributed by atoms with Crippen LogP contribution in [0.3, 0.4) is 0 Å². The van der Waals surface area contributed by atoms with Crippen molar-refractivity contribution in [2.75, 3.05) is 13.1 Å². The van der Waals surface area contributed by atoms with Crippen molar-refractivity contribution in [3.63, 3.8) is 0 Å². The third-order valence-electron chi connectivity index (χ3n) is 4.73. The zero-order valence-corrected chi connectivity index (χ0v) is 15.8. The fourth-order valence-corrected chi connectivity index (χ4v) is 4.75. The van der Waals surface area contributed by atoms with Crippen LogP contribution in [0.2, 0.25) is 0 Å². The van der Waals surface area contributed by atoms with E-state index >= 15 is 0 Å². The van der Waals surface area contributed by atoms with Crippen molar-refractivity contribution in [3.05, 3.63) is 60.1 Å². The van der Waals surface area contributed by atoms with E-state index in [0.29, 0.717) is 35.4 Å². The second kappa shape index (κ2) is 7.21. The van der Waals surface area contributed by atoms with E-state index in [1.54, 1.807) is 18.3 Å². The molecular weight excluding hydrogens is 364 g/mol. The number of sulfonamides is 1. The molecule has 4 rings (SSSR count). The normalized spacial score (nSPS) is 18.5. The molecule has 2 aromatic heterocycles. The van der Waals surface area contributed by atoms with Crippen LogP contribution in [-0.2, 0) is 10.0 Å². The molecule has 3 aromatic rings. The summed E-state index contributed by atoms with van der Waals surface area (Å²) in [7, 11) is -3.53. The van der Waals surface area contributed by atoms with E-state index < -0.39 is 10.0 Å². The molecule has 0 bridgehead atoms. The van der Waals surface area contributed by atoms with Crippen LogP contribution in [0.4, 0.5) is 0 Å². The Morgan fingerprint density at radius 1 is 1.15 bits per heavy atom. The molecule has 140 valence electrons. The van der Waals surface area contributed by atoms with E-state index in [1.807, 2.05) is 37.3 Å². The lowest BCUT2D eigenvalue weighted by Gasteiger charge is -2.30. The molecule has 1 aliphatic rings. The van der Waals surface area contributed by atoms with Crippen molar-refractivity contribution in [2.24, 2.45) is 0 Å². The van der Waals surface area contributed by atoms with Crippen molar-refractivity contribution in [1.82, 2.24) is 19.4 Å². The van der Waals surface area contributed by atoms with Gasteiger partial charge in [0.25, 0.3) is 0 Å². The molecule has 7 nitrogen and oxygen atoms in total. The summed E-state index contributed by atoms with van der Waals surface area (Å²) in [5, 5.41) is 4.00. The predicted molar refractivity (Wildman–Crippen MR) is 99.4 cm³/mol. The van der Waals surface area contributed by atoms with Crippen LogP contribution in [0.5, 0.6) is 0 Å². The highest BCUT2D eigenvalue weighted by molar-refractivity contribution is 7.89. The molecule has 3 heterocycles. The quantitative estimate of drug-likeness (QED) is 0.687. The minimum atomic E-state index is -3.53. The number of hydrogen-bond acceptors (Lipinski definition) is 6. The Bertz CT molecular complexity index is 1020. The van der Waals surface area contributed by atoms with Crippen molar-refractivity contribution >= 4 is 10.0 Å². The largest absolute Gasteiger partial charge is 0.339 e. The Morgan fingerprint density at radius 3 is 2.70 bits per heavy atom. The second-order valence-corrected chi connectivity index (χ2v) is 8.62. The maximum absolute atomic E-state index is 13.0. The van der Waals surface area contributed by atoms with Crippen molar-refractivity contribution in [3.8, 4) is 11.5 Å². The molecule has 1 aliphatic heterocycles. The molecule has 0 aliphatic carbocycles. The minimum absolute atomic E-state index is 0.121. The molecule has 0 N–H and O–H groups in total. The average molecular weight is 384 g/mol. The molecule has 1 aromatic carbocycles. The van der Waals surface area contributed by atoms with Crippen LogP contribution in [0, 0.1) is 6.92 Å². The number of aromatic nitrogens is 3. The molecule has 0 radical (unpaired) electrons. The first-order valence-electron chi connectivity index (χ1n) is 8.86. The zero-order valence-electron chi connectivity index (χ0n) is 14.9. The second-order valence-electron chi connectivity index (χ2n) is 6.69. The molecule has 0 spiro atoms. The molecule has 1 saturated heterocycles. The number of rotatable bonds is 4. The number of nitrogens with zero attached hydrogens (tertiary/aromatic N) is 4. The van der Waals surface area contributed by atoms with Gasteiger partial charge >= 0.3 is 0 Å². The Kier molecular flexibility index (Phi) is 4.75. The summed E-state index contributed by atoms with van der Waals surface area (Å²) in [6.07, 6.45) is 3.22. The molecule has 0 saturated carbocycles. The maximum Gasteiger partial charge on any atom is 0.243 e. The van der Waals surface area contributed by atoms with Crippen LogP contribution in [0.25, 0.3) is 11.5 Å². The topological polar surface area (TPSA) is 89.2 Å². The van der Waals surface area contributed by atoms with Gasteiger partial charge in [-0.2, -0.15) is 9.29 Å². The molecule has 0 amide bonds. The summed E-state index contributed by atoms with van der Waals surface area (Å²) in [5.41, 5.74) is 1.66. The van der Waals surface area contributed by atoms with Gasteiger partial charge in [-0.1, -0.05) is 28.9 Å². The summed E-state index contributed by atoms with van der Waals surface area (Å²) < 4.78 is 32.8. The smallest absolute Gasteiger partial charge is 0.243 e. The van der Waals surface area contributed by atoms with Gasteiger partial charge in [-0.05, 0) is 44.0 Å². The number of aryl methyl sites for hydroxylation is 1. The Balaban J connectivity index is 1.55. The van der Waals surface area contributed by atoms with Gasteiger partial charge in [0.15, 0.2) is 0 Å². The number of piperidine rings is 1.